The number of carbonyl (C=O) groups excluding carboxylic acids is 1. The van der Waals surface area contributed by atoms with Crippen LogP contribution >= 0.6 is 0 Å². The molecule has 0 bridgehead atoms. The van der Waals surface area contributed by atoms with Crippen LogP contribution in [0.1, 0.15) is 38.3 Å². The molecule has 0 N–H and O–H groups in total. The van der Waals surface area contributed by atoms with Crippen LogP contribution in [0.4, 0.5) is 0 Å². The zero-order valence-corrected chi connectivity index (χ0v) is 9.43. The molecule has 0 saturated carbocycles. The SMILES string of the molecule is COC(=O)CCCn1nncc1C(C)C. The number of carbonyl (C=O) groups is 1. The molecule has 0 saturated heterocycles. The van der Waals surface area contributed by atoms with Crippen LogP contribution in [0.2, 0.25) is 0 Å². The Morgan fingerprint density at radius 2 is 2.33 bits per heavy atom. The van der Waals surface area contributed by atoms with Crippen molar-refractivity contribution in [2.75, 3.05) is 7.11 Å². The molecule has 0 atom stereocenters. The summed E-state index contributed by atoms with van der Waals surface area (Å²) in [5.74, 6) is 0.222. The fourth-order valence-corrected chi connectivity index (χ4v) is 1.36. The van der Waals surface area contributed by atoms with E-state index >= 15 is 0 Å². The van der Waals surface area contributed by atoms with Gasteiger partial charge in [0, 0.05) is 13.0 Å². The predicted octanol–water partition coefficient (Wildman–Crippen LogP) is 1.35. The summed E-state index contributed by atoms with van der Waals surface area (Å²) >= 11 is 0. The van der Waals surface area contributed by atoms with E-state index in [1.54, 1.807) is 6.20 Å². The lowest BCUT2D eigenvalue weighted by Crippen LogP contribution is -2.09. The van der Waals surface area contributed by atoms with Crippen molar-refractivity contribution in [3.05, 3.63) is 11.9 Å². The van der Waals surface area contributed by atoms with Gasteiger partial charge in [0.05, 0.1) is 19.0 Å². The number of nitrogens with zero attached hydrogens (tertiary/aromatic N) is 3. The van der Waals surface area contributed by atoms with E-state index in [0.29, 0.717) is 18.9 Å². The quantitative estimate of drug-likeness (QED) is 0.690. The van der Waals surface area contributed by atoms with Gasteiger partial charge < -0.3 is 4.74 Å². The Balaban J connectivity index is 2.43. The summed E-state index contributed by atoms with van der Waals surface area (Å²) in [4.78, 5) is 10.9. The van der Waals surface area contributed by atoms with Gasteiger partial charge in [-0.25, -0.2) is 4.68 Å². The second-order valence-electron chi connectivity index (χ2n) is 3.72. The number of methoxy groups -OCH3 is 1. The van der Waals surface area contributed by atoms with Crippen molar-refractivity contribution in [1.29, 1.82) is 0 Å². The van der Waals surface area contributed by atoms with E-state index in [1.807, 2.05) is 4.68 Å². The summed E-state index contributed by atoms with van der Waals surface area (Å²) in [7, 11) is 1.40. The van der Waals surface area contributed by atoms with Gasteiger partial charge in [0.15, 0.2) is 0 Å². The molecule has 0 unspecified atom stereocenters. The Hall–Kier alpha value is -1.39. The highest BCUT2D eigenvalue weighted by Crippen LogP contribution is 2.12. The first-order chi connectivity index (χ1) is 7.15. The standard InChI is InChI=1S/C10H17N3O2/c1-8(2)9-7-11-12-13(9)6-4-5-10(14)15-3/h7-8H,4-6H2,1-3H3. The minimum absolute atomic E-state index is 0.179. The van der Waals surface area contributed by atoms with Crippen molar-refractivity contribution in [3.8, 4) is 0 Å². The molecule has 0 aliphatic carbocycles. The first kappa shape index (κ1) is 11.7. The molecule has 0 radical (unpaired) electrons. The van der Waals surface area contributed by atoms with Gasteiger partial charge in [0.25, 0.3) is 0 Å². The maximum Gasteiger partial charge on any atom is 0.305 e. The summed E-state index contributed by atoms with van der Waals surface area (Å²) in [5, 5.41) is 7.83. The average Bonchev–Trinajstić information content (AvgIpc) is 2.65. The molecule has 5 heteroatoms. The minimum atomic E-state index is -0.179. The summed E-state index contributed by atoms with van der Waals surface area (Å²) < 4.78 is 6.40. The van der Waals surface area contributed by atoms with E-state index in [2.05, 4.69) is 28.9 Å². The lowest BCUT2D eigenvalue weighted by atomic mass is 10.1. The predicted molar refractivity (Wildman–Crippen MR) is 55.4 cm³/mol. The van der Waals surface area contributed by atoms with E-state index in [4.69, 9.17) is 0 Å². The molecular weight excluding hydrogens is 194 g/mol. The van der Waals surface area contributed by atoms with Crippen LogP contribution in [0.5, 0.6) is 0 Å². The molecule has 0 amide bonds. The Bertz CT molecular complexity index is 320. The Kier molecular flexibility index (Phi) is 4.27. The topological polar surface area (TPSA) is 57.0 Å². The van der Waals surface area contributed by atoms with Crippen LogP contribution in [0.15, 0.2) is 6.20 Å². The van der Waals surface area contributed by atoms with E-state index in [0.717, 1.165) is 12.1 Å². The molecule has 5 nitrogen and oxygen atoms in total. The molecule has 1 aromatic rings. The van der Waals surface area contributed by atoms with Gasteiger partial charge in [-0.1, -0.05) is 19.1 Å². The second-order valence-corrected chi connectivity index (χ2v) is 3.72. The Labute approximate surface area is 89.4 Å². The highest BCUT2D eigenvalue weighted by Gasteiger charge is 2.08. The highest BCUT2D eigenvalue weighted by molar-refractivity contribution is 5.68. The van der Waals surface area contributed by atoms with Gasteiger partial charge in [0.2, 0.25) is 0 Å². The number of esters is 1. The minimum Gasteiger partial charge on any atom is -0.469 e. The van der Waals surface area contributed by atoms with Gasteiger partial charge >= 0.3 is 5.97 Å². The highest BCUT2D eigenvalue weighted by atomic mass is 16.5. The molecule has 15 heavy (non-hydrogen) atoms. The molecule has 1 rings (SSSR count). The summed E-state index contributed by atoms with van der Waals surface area (Å²) in [6.45, 7) is 4.90. The molecule has 0 aliphatic heterocycles. The number of ether oxygens (including phenoxy) is 1. The van der Waals surface area contributed by atoms with Gasteiger partial charge in [-0.05, 0) is 12.3 Å². The smallest absolute Gasteiger partial charge is 0.305 e. The van der Waals surface area contributed by atoms with Crippen molar-refractivity contribution in [2.24, 2.45) is 0 Å². The summed E-state index contributed by atoms with van der Waals surface area (Å²) in [5.41, 5.74) is 1.10. The van der Waals surface area contributed by atoms with E-state index in [9.17, 15) is 4.79 Å². The fourth-order valence-electron chi connectivity index (χ4n) is 1.36. The second kappa shape index (κ2) is 5.48. The van der Waals surface area contributed by atoms with E-state index in [1.165, 1.54) is 7.11 Å². The maximum absolute atomic E-state index is 10.9. The van der Waals surface area contributed by atoms with Crippen molar-refractivity contribution in [2.45, 2.75) is 39.2 Å². The van der Waals surface area contributed by atoms with Gasteiger partial charge in [-0.15, -0.1) is 5.10 Å². The van der Waals surface area contributed by atoms with Gasteiger partial charge in [-0.3, -0.25) is 4.79 Å². The molecule has 0 spiro atoms. The molecule has 84 valence electrons. The van der Waals surface area contributed by atoms with Crippen molar-refractivity contribution < 1.29 is 9.53 Å². The van der Waals surface area contributed by atoms with Crippen LogP contribution in [0.25, 0.3) is 0 Å². The van der Waals surface area contributed by atoms with Crippen molar-refractivity contribution in [3.63, 3.8) is 0 Å². The molecular formula is C10H17N3O2. The Morgan fingerprint density at radius 3 is 2.93 bits per heavy atom. The zero-order chi connectivity index (χ0) is 11.3. The number of hydrogen-bond donors (Lipinski definition) is 0. The van der Waals surface area contributed by atoms with Crippen LogP contribution < -0.4 is 0 Å². The van der Waals surface area contributed by atoms with E-state index in [-0.39, 0.29) is 5.97 Å². The molecule has 1 aromatic heterocycles. The van der Waals surface area contributed by atoms with E-state index < -0.39 is 0 Å². The normalized spacial score (nSPS) is 10.7. The lowest BCUT2D eigenvalue weighted by Gasteiger charge is -2.07. The van der Waals surface area contributed by atoms with Gasteiger partial charge in [-0.2, -0.15) is 0 Å². The number of rotatable bonds is 5. The van der Waals surface area contributed by atoms with Gasteiger partial charge in [0.1, 0.15) is 0 Å². The largest absolute Gasteiger partial charge is 0.469 e. The molecule has 0 aromatic carbocycles. The number of hydrogen-bond acceptors (Lipinski definition) is 4. The number of aryl methyl sites for hydroxylation is 1. The first-order valence-electron chi connectivity index (χ1n) is 5.10. The molecule has 0 aliphatic rings. The summed E-state index contributed by atoms with van der Waals surface area (Å²) in [6, 6.07) is 0. The van der Waals surface area contributed by atoms with Crippen LogP contribution in [-0.2, 0) is 16.1 Å². The third-order valence-electron chi connectivity index (χ3n) is 2.22. The molecule has 0 fully saturated rings. The van der Waals surface area contributed by atoms with Crippen molar-refractivity contribution in [1.82, 2.24) is 15.0 Å². The maximum atomic E-state index is 10.9. The lowest BCUT2D eigenvalue weighted by molar-refractivity contribution is -0.140. The monoisotopic (exact) mass is 211 g/mol. The fraction of sp³-hybridized carbons (Fsp3) is 0.700. The average molecular weight is 211 g/mol. The third kappa shape index (κ3) is 3.34. The third-order valence-corrected chi connectivity index (χ3v) is 2.22. The first-order valence-corrected chi connectivity index (χ1v) is 5.10. The number of aromatic nitrogens is 3. The van der Waals surface area contributed by atoms with Crippen LogP contribution in [-0.4, -0.2) is 28.1 Å². The zero-order valence-electron chi connectivity index (χ0n) is 9.43. The molecule has 1 heterocycles. The summed E-state index contributed by atoms with van der Waals surface area (Å²) in [6.07, 6.45) is 2.92. The van der Waals surface area contributed by atoms with Crippen LogP contribution in [0, 0.1) is 0 Å². The Morgan fingerprint density at radius 1 is 1.60 bits per heavy atom. The van der Waals surface area contributed by atoms with Crippen molar-refractivity contribution >= 4 is 5.97 Å². The van der Waals surface area contributed by atoms with Crippen LogP contribution in [0.3, 0.4) is 0 Å².